The summed E-state index contributed by atoms with van der Waals surface area (Å²) in [6.07, 6.45) is 0. The summed E-state index contributed by atoms with van der Waals surface area (Å²) in [7, 11) is 0. The maximum Gasteiger partial charge on any atom is 0.253 e. The maximum absolute atomic E-state index is 11.8. The van der Waals surface area contributed by atoms with Crippen molar-refractivity contribution >= 4 is 5.91 Å². The van der Waals surface area contributed by atoms with Gasteiger partial charge in [-0.25, -0.2) is 0 Å². The summed E-state index contributed by atoms with van der Waals surface area (Å²) in [5.74, 6) is 0.840. The Hall–Kier alpha value is -1.31. The van der Waals surface area contributed by atoms with Gasteiger partial charge in [-0.1, -0.05) is 24.6 Å². The fourth-order valence-corrected chi connectivity index (χ4v) is 1.74. The highest BCUT2D eigenvalue weighted by Crippen LogP contribution is 2.17. The van der Waals surface area contributed by atoms with Gasteiger partial charge in [0.2, 0.25) is 0 Å². The van der Waals surface area contributed by atoms with Crippen LogP contribution in [0, 0.1) is 12.8 Å². The van der Waals surface area contributed by atoms with Crippen molar-refractivity contribution in [1.29, 1.82) is 0 Å². The Morgan fingerprint density at radius 3 is 2.36 bits per heavy atom. The van der Waals surface area contributed by atoms with Crippen LogP contribution >= 0.6 is 0 Å². The lowest BCUT2D eigenvalue weighted by atomic mass is 10.0. The second-order valence-corrected chi connectivity index (χ2v) is 4.18. The molecule has 2 heteroatoms. The zero-order chi connectivity index (χ0) is 10.1. The molecule has 2 rings (SSSR count). The van der Waals surface area contributed by atoms with Crippen molar-refractivity contribution in [3.8, 4) is 0 Å². The Bertz CT molecular complexity index is 336. The second-order valence-electron chi connectivity index (χ2n) is 4.18. The standard InChI is InChI=1S/C12H15NO/c1-9-3-5-11(6-4-9)12(14)13-7-10(2)8-13/h3-6,10H,7-8H2,1-2H3. The van der Waals surface area contributed by atoms with Crippen LogP contribution in [0.3, 0.4) is 0 Å². The molecule has 1 aromatic rings. The van der Waals surface area contributed by atoms with Crippen LogP contribution in [0.1, 0.15) is 22.8 Å². The molecule has 0 aromatic heterocycles. The number of carbonyl (C=O) groups is 1. The van der Waals surface area contributed by atoms with Crippen molar-refractivity contribution in [2.75, 3.05) is 13.1 Å². The minimum absolute atomic E-state index is 0.170. The summed E-state index contributed by atoms with van der Waals surface area (Å²) in [5, 5.41) is 0. The zero-order valence-electron chi connectivity index (χ0n) is 8.66. The molecule has 0 atom stereocenters. The minimum Gasteiger partial charge on any atom is -0.338 e. The van der Waals surface area contributed by atoms with E-state index in [1.165, 1.54) is 5.56 Å². The van der Waals surface area contributed by atoms with E-state index in [4.69, 9.17) is 0 Å². The maximum atomic E-state index is 11.8. The molecule has 0 radical (unpaired) electrons. The molecule has 0 saturated carbocycles. The first-order valence-corrected chi connectivity index (χ1v) is 5.03. The van der Waals surface area contributed by atoms with Crippen LogP contribution < -0.4 is 0 Å². The minimum atomic E-state index is 0.170. The zero-order valence-corrected chi connectivity index (χ0v) is 8.66. The van der Waals surface area contributed by atoms with E-state index in [1.54, 1.807) is 0 Å². The number of carbonyl (C=O) groups excluding carboxylic acids is 1. The Kier molecular flexibility index (Phi) is 2.28. The van der Waals surface area contributed by atoms with E-state index in [0.717, 1.165) is 18.7 Å². The van der Waals surface area contributed by atoms with Crippen LogP contribution in [0.15, 0.2) is 24.3 Å². The molecule has 1 amide bonds. The van der Waals surface area contributed by atoms with Crippen LogP contribution in [0.5, 0.6) is 0 Å². The van der Waals surface area contributed by atoms with Gasteiger partial charge in [0, 0.05) is 18.7 Å². The van der Waals surface area contributed by atoms with E-state index in [0.29, 0.717) is 5.92 Å². The number of amides is 1. The molecule has 0 N–H and O–H groups in total. The first-order valence-electron chi connectivity index (χ1n) is 5.03. The predicted molar refractivity (Wildman–Crippen MR) is 56.2 cm³/mol. The molecule has 1 aromatic carbocycles. The highest BCUT2D eigenvalue weighted by molar-refractivity contribution is 5.94. The Morgan fingerprint density at radius 2 is 1.86 bits per heavy atom. The fraction of sp³-hybridized carbons (Fsp3) is 0.417. The predicted octanol–water partition coefficient (Wildman–Crippen LogP) is 2.09. The fourth-order valence-electron chi connectivity index (χ4n) is 1.74. The SMILES string of the molecule is Cc1ccc(C(=O)N2CC(C)C2)cc1. The summed E-state index contributed by atoms with van der Waals surface area (Å²) >= 11 is 0. The molecule has 0 bridgehead atoms. The summed E-state index contributed by atoms with van der Waals surface area (Å²) in [6.45, 7) is 6.01. The average molecular weight is 189 g/mol. The van der Waals surface area contributed by atoms with Crippen LogP contribution in [0.4, 0.5) is 0 Å². The van der Waals surface area contributed by atoms with Crippen molar-refractivity contribution in [2.45, 2.75) is 13.8 Å². The third-order valence-corrected chi connectivity index (χ3v) is 2.65. The lowest BCUT2D eigenvalue weighted by Crippen LogP contribution is -2.48. The molecule has 1 aliphatic heterocycles. The number of rotatable bonds is 1. The molecule has 0 spiro atoms. The van der Waals surface area contributed by atoms with E-state index >= 15 is 0 Å². The van der Waals surface area contributed by atoms with E-state index in [2.05, 4.69) is 6.92 Å². The van der Waals surface area contributed by atoms with Crippen LogP contribution in [0.2, 0.25) is 0 Å². The first kappa shape index (κ1) is 9.25. The Balaban J connectivity index is 2.08. The number of aryl methyl sites for hydroxylation is 1. The summed E-state index contributed by atoms with van der Waals surface area (Å²) in [4.78, 5) is 13.7. The number of hydrogen-bond donors (Lipinski definition) is 0. The van der Waals surface area contributed by atoms with Crippen molar-refractivity contribution < 1.29 is 4.79 Å². The molecule has 74 valence electrons. The quantitative estimate of drug-likeness (QED) is 0.662. The van der Waals surface area contributed by atoms with E-state index in [9.17, 15) is 4.79 Å². The van der Waals surface area contributed by atoms with Gasteiger partial charge >= 0.3 is 0 Å². The number of benzene rings is 1. The third kappa shape index (κ3) is 1.65. The van der Waals surface area contributed by atoms with Crippen LogP contribution in [0.25, 0.3) is 0 Å². The van der Waals surface area contributed by atoms with E-state index < -0.39 is 0 Å². The summed E-state index contributed by atoms with van der Waals surface area (Å²) < 4.78 is 0. The molecule has 2 nitrogen and oxygen atoms in total. The Morgan fingerprint density at radius 1 is 1.29 bits per heavy atom. The van der Waals surface area contributed by atoms with Gasteiger partial charge in [-0.15, -0.1) is 0 Å². The number of hydrogen-bond acceptors (Lipinski definition) is 1. The van der Waals surface area contributed by atoms with Crippen molar-refractivity contribution in [2.24, 2.45) is 5.92 Å². The molecule has 1 aliphatic rings. The van der Waals surface area contributed by atoms with Gasteiger partial charge in [0.25, 0.3) is 5.91 Å². The molecule has 14 heavy (non-hydrogen) atoms. The van der Waals surface area contributed by atoms with Gasteiger partial charge in [-0.2, -0.15) is 0 Å². The number of nitrogens with zero attached hydrogens (tertiary/aromatic N) is 1. The van der Waals surface area contributed by atoms with E-state index in [-0.39, 0.29) is 5.91 Å². The van der Waals surface area contributed by atoms with Gasteiger partial charge in [0.05, 0.1) is 0 Å². The monoisotopic (exact) mass is 189 g/mol. The largest absolute Gasteiger partial charge is 0.338 e. The van der Waals surface area contributed by atoms with Crippen molar-refractivity contribution in [1.82, 2.24) is 4.90 Å². The molecule has 1 saturated heterocycles. The summed E-state index contributed by atoms with van der Waals surface area (Å²) in [5.41, 5.74) is 2.00. The first-order chi connectivity index (χ1) is 6.66. The molecular formula is C12H15NO. The third-order valence-electron chi connectivity index (χ3n) is 2.65. The van der Waals surface area contributed by atoms with E-state index in [1.807, 2.05) is 36.1 Å². The smallest absolute Gasteiger partial charge is 0.253 e. The lowest BCUT2D eigenvalue weighted by molar-refractivity contribution is 0.0530. The van der Waals surface area contributed by atoms with Crippen LogP contribution in [-0.4, -0.2) is 23.9 Å². The van der Waals surface area contributed by atoms with Crippen molar-refractivity contribution in [3.05, 3.63) is 35.4 Å². The van der Waals surface area contributed by atoms with Gasteiger partial charge in [0.1, 0.15) is 0 Å². The topological polar surface area (TPSA) is 20.3 Å². The van der Waals surface area contributed by atoms with Crippen molar-refractivity contribution in [3.63, 3.8) is 0 Å². The number of likely N-dealkylation sites (tertiary alicyclic amines) is 1. The Labute approximate surface area is 84.5 Å². The average Bonchev–Trinajstić information content (AvgIpc) is 2.13. The molecular weight excluding hydrogens is 174 g/mol. The van der Waals surface area contributed by atoms with Gasteiger partial charge in [-0.05, 0) is 25.0 Å². The summed E-state index contributed by atoms with van der Waals surface area (Å²) in [6, 6.07) is 7.77. The highest BCUT2D eigenvalue weighted by atomic mass is 16.2. The van der Waals surface area contributed by atoms with Gasteiger partial charge in [0.15, 0.2) is 0 Å². The normalized spacial score (nSPS) is 16.6. The molecule has 0 unspecified atom stereocenters. The molecule has 1 heterocycles. The second kappa shape index (κ2) is 3.45. The molecule has 0 aliphatic carbocycles. The van der Waals surface area contributed by atoms with Gasteiger partial charge in [-0.3, -0.25) is 4.79 Å². The van der Waals surface area contributed by atoms with Crippen LogP contribution in [-0.2, 0) is 0 Å². The lowest BCUT2D eigenvalue weighted by Gasteiger charge is -2.37. The van der Waals surface area contributed by atoms with Gasteiger partial charge < -0.3 is 4.90 Å². The highest BCUT2D eigenvalue weighted by Gasteiger charge is 2.27. The molecule has 1 fully saturated rings.